The van der Waals surface area contributed by atoms with Crippen molar-refractivity contribution in [1.29, 1.82) is 0 Å². The average Bonchev–Trinajstić information content (AvgIpc) is 2.84. The van der Waals surface area contributed by atoms with Crippen LogP contribution in [-0.2, 0) is 18.8 Å². The minimum absolute atomic E-state index is 0.00232. The first-order valence-electron chi connectivity index (χ1n) is 12.1. The molecule has 0 spiro atoms. The summed E-state index contributed by atoms with van der Waals surface area (Å²) in [6, 6.07) is 6.76. The molecule has 0 heterocycles. The monoisotopic (exact) mass is 524 g/mol. The number of hydrogen-bond acceptors (Lipinski definition) is 1. The molecule has 198 valence electrons. The smallest absolute Gasteiger partial charge is 0.343 e. The molecule has 2 aliphatic carbocycles. The Morgan fingerprint density at radius 1 is 1.03 bits per heavy atom. The number of benzene rings is 2. The quantitative estimate of drug-likeness (QED) is 0.248. The van der Waals surface area contributed by atoms with Gasteiger partial charge in [-0.2, -0.15) is 17.6 Å². The minimum Gasteiger partial charge on any atom is -0.491 e. The lowest BCUT2D eigenvalue weighted by atomic mass is 9.66. The molecule has 0 saturated heterocycles. The molecule has 2 aromatic rings. The molecule has 2 atom stereocenters. The van der Waals surface area contributed by atoms with E-state index >= 15 is 22.0 Å². The molecule has 0 aliphatic heterocycles. The minimum atomic E-state index is -5.01. The second kappa shape index (κ2) is 9.69. The molecule has 0 amide bonds. The van der Waals surface area contributed by atoms with Crippen LogP contribution in [-0.4, -0.2) is 18.7 Å². The lowest BCUT2D eigenvalue weighted by molar-refractivity contribution is -0.202. The summed E-state index contributed by atoms with van der Waals surface area (Å²) in [4.78, 5) is 0. The third-order valence-corrected chi connectivity index (χ3v) is 7.18. The molecule has 0 saturated carbocycles. The Kier molecular flexibility index (Phi) is 7.08. The van der Waals surface area contributed by atoms with Gasteiger partial charge in [0.25, 0.3) is 0 Å². The number of hydrogen-bond donors (Lipinski definition) is 0. The Bertz CT molecular complexity index is 1280. The van der Waals surface area contributed by atoms with Gasteiger partial charge in [-0.1, -0.05) is 37.3 Å². The molecule has 2 unspecified atom stereocenters. The van der Waals surface area contributed by atoms with Crippen molar-refractivity contribution in [2.75, 3.05) is 6.61 Å². The largest absolute Gasteiger partial charge is 0.491 e. The Hall–Kier alpha value is -3.03. The van der Waals surface area contributed by atoms with Crippen molar-refractivity contribution in [1.82, 2.24) is 0 Å². The van der Waals surface area contributed by atoms with Gasteiger partial charge in [0.15, 0.2) is 11.6 Å². The van der Waals surface area contributed by atoms with Crippen molar-refractivity contribution >= 4 is 5.57 Å². The van der Waals surface area contributed by atoms with Gasteiger partial charge in [-0.05, 0) is 73.1 Å². The second-order valence-corrected chi connectivity index (χ2v) is 9.66. The zero-order valence-electron chi connectivity index (χ0n) is 20.5. The first kappa shape index (κ1) is 27.0. The van der Waals surface area contributed by atoms with E-state index in [4.69, 9.17) is 4.74 Å². The Balaban J connectivity index is 1.69. The molecule has 4 rings (SSSR count). The summed E-state index contributed by atoms with van der Waals surface area (Å²) in [7, 11) is 0. The lowest BCUT2D eigenvalue weighted by Crippen LogP contribution is -2.50. The Morgan fingerprint density at radius 2 is 1.76 bits per heavy atom. The van der Waals surface area contributed by atoms with Crippen molar-refractivity contribution < 1.29 is 35.5 Å². The molecular weight excluding hydrogens is 497 g/mol. The highest BCUT2D eigenvalue weighted by Crippen LogP contribution is 2.60. The normalized spacial score (nSPS) is 23.4. The molecule has 2 aliphatic rings. The maximum absolute atomic E-state index is 15.9. The number of rotatable bonds is 8. The van der Waals surface area contributed by atoms with E-state index in [0.717, 1.165) is 23.8 Å². The van der Waals surface area contributed by atoms with Gasteiger partial charge in [-0.25, -0.2) is 13.2 Å². The van der Waals surface area contributed by atoms with E-state index in [1.54, 1.807) is 18.2 Å². The van der Waals surface area contributed by atoms with Gasteiger partial charge in [-0.3, -0.25) is 0 Å². The van der Waals surface area contributed by atoms with E-state index < -0.39 is 63.1 Å². The van der Waals surface area contributed by atoms with Crippen molar-refractivity contribution in [3.63, 3.8) is 0 Å². The number of fused-ring (bicyclic) bond motifs is 2. The van der Waals surface area contributed by atoms with Crippen LogP contribution in [0.25, 0.3) is 5.57 Å². The number of alkyl halides is 5. The molecule has 0 bridgehead atoms. The molecule has 37 heavy (non-hydrogen) atoms. The SMILES string of the molecule is C=CCCc1ccc(CCC2(C)C=CC3=C(C2F)C(F)(F)C(F)(F)c2c3ccc(OCC)c2F)c(F)c1. The van der Waals surface area contributed by atoms with Crippen LogP contribution in [0.15, 0.2) is 60.7 Å². The van der Waals surface area contributed by atoms with Crippen LogP contribution in [0, 0.1) is 17.0 Å². The van der Waals surface area contributed by atoms with Crippen LogP contribution < -0.4 is 4.74 Å². The number of ether oxygens (including phenoxy) is 1. The fraction of sp³-hybridized carbons (Fsp3) is 0.379. The zero-order chi connectivity index (χ0) is 27.2. The standard InChI is InChI=1S/C29H27F7O/c1-4-6-7-17-8-9-18(21(30)16-17)12-14-27(3)15-13-20-19-10-11-22(37-5-2)25(31)23(19)28(33,34)29(35,36)24(20)26(27)32/h4,8-11,13,15-16,26H,1,5-7,12,14H2,2-3H3. The highest BCUT2D eigenvalue weighted by atomic mass is 19.3. The first-order valence-corrected chi connectivity index (χ1v) is 12.1. The first-order chi connectivity index (χ1) is 17.4. The number of halogens is 7. The highest BCUT2D eigenvalue weighted by molar-refractivity contribution is 5.85. The van der Waals surface area contributed by atoms with Gasteiger partial charge in [-0.15, -0.1) is 6.58 Å². The fourth-order valence-corrected chi connectivity index (χ4v) is 4.99. The van der Waals surface area contributed by atoms with E-state index in [0.29, 0.717) is 12.8 Å². The topological polar surface area (TPSA) is 9.23 Å². The van der Waals surface area contributed by atoms with E-state index in [1.807, 2.05) is 0 Å². The molecule has 8 heteroatoms. The number of allylic oxidation sites excluding steroid dienone is 5. The molecule has 0 N–H and O–H groups in total. The number of aryl methyl sites for hydroxylation is 2. The summed E-state index contributed by atoms with van der Waals surface area (Å²) in [5.74, 6) is -12.7. The van der Waals surface area contributed by atoms with Gasteiger partial charge < -0.3 is 4.74 Å². The van der Waals surface area contributed by atoms with Gasteiger partial charge in [0.1, 0.15) is 12.0 Å². The molecule has 0 radical (unpaired) electrons. The van der Waals surface area contributed by atoms with Crippen LogP contribution in [0.3, 0.4) is 0 Å². The molecule has 0 aromatic heterocycles. The highest BCUT2D eigenvalue weighted by Gasteiger charge is 2.68. The van der Waals surface area contributed by atoms with Crippen molar-refractivity contribution in [3.05, 3.63) is 94.6 Å². The van der Waals surface area contributed by atoms with Gasteiger partial charge >= 0.3 is 11.8 Å². The van der Waals surface area contributed by atoms with Crippen LogP contribution in [0.2, 0.25) is 0 Å². The van der Waals surface area contributed by atoms with Gasteiger partial charge in [0.05, 0.1) is 12.2 Å². The summed E-state index contributed by atoms with van der Waals surface area (Å²) >= 11 is 0. The molecule has 1 nitrogen and oxygen atoms in total. The van der Waals surface area contributed by atoms with Crippen LogP contribution in [0.4, 0.5) is 30.7 Å². The predicted octanol–water partition coefficient (Wildman–Crippen LogP) is 8.52. The van der Waals surface area contributed by atoms with Crippen molar-refractivity contribution in [2.45, 2.75) is 57.5 Å². The van der Waals surface area contributed by atoms with Crippen molar-refractivity contribution in [2.24, 2.45) is 5.41 Å². The lowest BCUT2D eigenvalue weighted by Gasteiger charge is -2.43. The Labute approximate surface area is 211 Å². The summed E-state index contributed by atoms with van der Waals surface area (Å²) in [5, 5.41) is 0. The zero-order valence-corrected chi connectivity index (χ0v) is 20.5. The van der Waals surface area contributed by atoms with E-state index in [9.17, 15) is 8.78 Å². The van der Waals surface area contributed by atoms with Crippen LogP contribution in [0.1, 0.15) is 48.9 Å². The Morgan fingerprint density at radius 3 is 2.41 bits per heavy atom. The van der Waals surface area contributed by atoms with Gasteiger partial charge in [0, 0.05) is 11.0 Å². The van der Waals surface area contributed by atoms with E-state index in [-0.39, 0.29) is 25.0 Å². The molecule has 0 fully saturated rings. The summed E-state index contributed by atoms with van der Waals surface area (Å²) in [6.45, 7) is 6.39. The summed E-state index contributed by atoms with van der Waals surface area (Å²) in [6.07, 6.45) is 2.82. The maximum Gasteiger partial charge on any atom is 0.343 e. The van der Waals surface area contributed by atoms with Crippen molar-refractivity contribution in [3.8, 4) is 5.75 Å². The maximum atomic E-state index is 15.9. The van der Waals surface area contributed by atoms with E-state index in [1.165, 1.54) is 26.0 Å². The van der Waals surface area contributed by atoms with Gasteiger partial charge in [0.2, 0.25) is 0 Å². The summed E-state index contributed by atoms with van der Waals surface area (Å²) < 4.78 is 111. The van der Waals surface area contributed by atoms with Crippen LogP contribution in [0.5, 0.6) is 5.75 Å². The predicted molar refractivity (Wildman–Crippen MR) is 129 cm³/mol. The summed E-state index contributed by atoms with van der Waals surface area (Å²) in [5.41, 5.74) is -4.48. The third-order valence-electron chi connectivity index (χ3n) is 7.18. The molecular formula is C29H27F7O. The second-order valence-electron chi connectivity index (χ2n) is 9.66. The third kappa shape index (κ3) is 4.38. The van der Waals surface area contributed by atoms with E-state index in [2.05, 4.69) is 6.58 Å². The molecule has 2 aromatic carbocycles. The average molecular weight is 525 g/mol. The van der Waals surface area contributed by atoms with Crippen LogP contribution >= 0.6 is 0 Å². The fourth-order valence-electron chi connectivity index (χ4n) is 4.99.